The van der Waals surface area contributed by atoms with Gasteiger partial charge in [0.2, 0.25) is 5.95 Å². The smallest absolute Gasteiger partial charge is 0.270 e. The lowest BCUT2D eigenvalue weighted by atomic mass is 10.1. The van der Waals surface area contributed by atoms with Crippen LogP contribution in [-0.4, -0.2) is 29.0 Å². The topological polar surface area (TPSA) is 66.9 Å². The van der Waals surface area contributed by atoms with Gasteiger partial charge in [0.1, 0.15) is 11.5 Å². The molecule has 0 bridgehead atoms. The van der Waals surface area contributed by atoms with Gasteiger partial charge in [0, 0.05) is 19.3 Å². The van der Waals surface area contributed by atoms with Gasteiger partial charge in [0.25, 0.3) is 5.91 Å². The van der Waals surface area contributed by atoms with E-state index in [1.54, 1.807) is 24.4 Å². The third-order valence-corrected chi connectivity index (χ3v) is 3.31. The van der Waals surface area contributed by atoms with Crippen molar-refractivity contribution < 1.29 is 9.18 Å². The lowest BCUT2D eigenvalue weighted by molar-refractivity contribution is 0.0949. The number of carbonyl (C=O) groups is 1. The standard InChI is InChI=1S/C17H21FN4O/c1-2-3-10-20-17-21-12-9-15(22-17)16(23)19-11-8-13-4-6-14(18)7-5-13/h4-7,9,12H,2-3,8,10-11H2,1H3,(H,19,23)(H,20,21,22). The molecule has 2 aromatic rings. The van der Waals surface area contributed by atoms with E-state index < -0.39 is 0 Å². The molecule has 2 N–H and O–H groups in total. The molecule has 1 aromatic carbocycles. The predicted octanol–water partition coefficient (Wildman–Crippen LogP) is 2.80. The van der Waals surface area contributed by atoms with Gasteiger partial charge in [0.15, 0.2) is 0 Å². The Morgan fingerprint density at radius 1 is 1.17 bits per heavy atom. The second-order valence-corrected chi connectivity index (χ2v) is 5.18. The van der Waals surface area contributed by atoms with E-state index in [-0.39, 0.29) is 11.7 Å². The van der Waals surface area contributed by atoms with E-state index >= 15 is 0 Å². The highest BCUT2D eigenvalue weighted by Crippen LogP contribution is 2.04. The summed E-state index contributed by atoms with van der Waals surface area (Å²) in [6.07, 6.45) is 4.31. The van der Waals surface area contributed by atoms with Crippen LogP contribution in [0.15, 0.2) is 36.5 Å². The molecular formula is C17H21FN4O. The van der Waals surface area contributed by atoms with E-state index in [0.717, 1.165) is 24.9 Å². The Morgan fingerprint density at radius 3 is 2.70 bits per heavy atom. The predicted molar refractivity (Wildman–Crippen MR) is 87.9 cm³/mol. The fourth-order valence-corrected chi connectivity index (χ4v) is 2.01. The number of amides is 1. The number of aromatic nitrogens is 2. The second-order valence-electron chi connectivity index (χ2n) is 5.18. The van der Waals surface area contributed by atoms with Gasteiger partial charge in [-0.3, -0.25) is 4.79 Å². The van der Waals surface area contributed by atoms with Gasteiger partial charge >= 0.3 is 0 Å². The minimum absolute atomic E-state index is 0.243. The van der Waals surface area contributed by atoms with E-state index in [4.69, 9.17) is 0 Å². The fourth-order valence-electron chi connectivity index (χ4n) is 2.01. The molecule has 0 atom stereocenters. The second kappa shape index (κ2) is 8.82. The van der Waals surface area contributed by atoms with Crippen molar-refractivity contribution in [1.82, 2.24) is 15.3 Å². The third-order valence-electron chi connectivity index (χ3n) is 3.31. The molecule has 1 amide bonds. The molecule has 1 heterocycles. The maximum atomic E-state index is 12.8. The molecule has 0 aliphatic carbocycles. The maximum absolute atomic E-state index is 12.8. The van der Waals surface area contributed by atoms with Gasteiger partial charge in [0.05, 0.1) is 0 Å². The molecule has 0 fully saturated rings. The fraction of sp³-hybridized carbons (Fsp3) is 0.353. The Hall–Kier alpha value is -2.50. The summed E-state index contributed by atoms with van der Waals surface area (Å²) in [5.41, 5.74) is 1.30. The van der Waals surface area contributed by atoms with Gasteiger partial charge in [-0.2, -0.15) is 0 Å². The summed E-state index contributed by atoms with van der Waals surface area (Å²) < 4.78 is 12.8. The molecule has 2 rings (SSSR count). The number of rotatable bonds is 8. The number of hydrogen-bond donors (Lipinski definition) is 2. The summed E-state index contributed by atoms with van der Waals surface area (Å²) in [6.45, 7) is 3.35. The molecule has 0 unspecified atom stereocenters. The zero-order valence-electron chi connectivity index (χ0n) is 13.2. The van der Waals surface area contributed by atoms with Crippen LogP contribution in [-0.2, 0) is 6.42 Å². The van der Waals surface area contributed by atoms with Crippen LogP contribution in [0.3, 0.4) is 0 Å². The van der Waals surface area contributed by atoms with Crippen LogP contribution < -0.4 is 10.6 Å². The van der Waals surface area contributed by atoms with E-state index in [1.165, 1.54) is 12.1 Å². The Balaban J connectivity index is 1.82. The first-order valence-electron chi connectivity index (χ1n) is 7.78. The van der Waals surface area contributed by atoms with E-state index in [2.05, 4.69) is 27.5 Å². The number of unbranched alkanes of at least 4 members (excludes halogenated alkanes) is 1. The Morgan fingerprint density at radius 2 is 1.96 bits per heavy atom. The third kappa shape index (κ3) is 5.65. The van der Waals surface area contributed by atoms with Crippen molar-refractivity contribution >= 4 is 11.9 Å². The quantitative estimate of drug-likeness (QED) is 0.735. The molecule has 122 valence electrons. The number of benzene rings is 1. The first kappa shape index (κ1) is 16.9. The molecule has 0 saturated carbocycles. The number of nitrogens with zero attached hydrogens (tertiary/aromatic N) is 2. The van der Waals surface area contributed by atoms with Crippen molar-refractivity contribution in [2.45, 2.75) is 26.2 Å². The zero-order valence-corrected chi connectivity index (χ0v) is 13.2. The molecule has 0 radical (unpaired) electrons. The summed E-state index contributed by atoms with van der Waals surface area (Å²) in [5, 5.41) is 5.90. The number of anilines is 1. The normalized spacial score (nSPS) is 10.3. The van der Waals surface area contributed by atoms with Crippen LogP contribution in [0.25, 0.3) is 0 Å². The van der Waals surface area contributed by atoms with E-state index in [0.29, 0.717) is 24.6 Å². The maximum Gasteiger partial charge on any atom is 0.270 e. The van der Waals surface area contributed by atoms with Crippen molar-refractivity contribution in [3.63, 3.8) is 0 Å². The lowest BCUT2D eigenvalue weighted by Gasteiger charge is -2.07. The molecule has 23 heavy (non-hydrogen) atoms. The number of halogens is 1. The van der Waals surface area contributed by atoms with Gasteiger partial charge in [-0.25, -0.2) is 14.4 Å². The Bertz CT molecular complexity index is 631. The monoisotopic (exact) mass is 316 g/mol. The summed E-state index contributed by atoms with van der Waals surface area (Å²) in [4.78, 5) is 20.4. The number of carbonyl (C=O) groups excluding carboxylic acids is 1. The first-order valence-corrected chi connectivity index (χ1v) is 7.78. The van der Waals surface area contributed by atoms with Crippen LogP contribution in [0, 0.1) is 5.82 Å². The van der Waals surface area contributed by atoms with Crippen molar-refractivity contribution in [1.29, 1.82) is 0 Å². The Kier molecular flexibility index (Phi) is 6.47. The Labute approximate surface area is 135 Å². The van der Waals surface area contributed by atoms with E-state index in [9.17, 15) is 9.18 Å². The molecule has 0 spiro atoms. The van der Waals surface area contributed by atoms with Gasteiger partial charge in [-0.1, -0.05) is 25.5 Å². The van der Waals surface area contributed by atoms with Crippen molar-refractivity contribution in [3.8, 4) is 0 Å². The largest absolute Gasteiger partial charge is 0.354 e. The van der Waals surface area contributed by atoms with Crippen molar-refractivity contribution in [2.24, 2.45) is 0 Å². The summed E-state index contributed by atoms with van der Waals surface area (Å²) in [7, 11) is 0. The van der Waals surface area contributed by atoms with Gasteiger partial charge < -0.3 is 10.6 Å². The SMILES string of the molecule is CCCCNc1nccc(C(=O)NCCc2ccc(F)cc2)n1. The lowest BCUT2D eigenvalue weighted by Crippen LogP contribution is -2.27. The van der Waals surface area contributed by atoms with Gasteiger partial charge in [-0.05, 0) is 36.6 Å². The molecule has 1 aromatic heterocycles. The molecule has 6 heteroatoms. The van der Waals surface area contributed by atoms with Crippen LogP contribution in [0.2, 0.25) is 0 Å². The number of nitrogens with one attached hydrogen (secondary N) is 2. The van der Waals surface area contributed by atoms with Crippen LogP contribution in [0.1, 0.15) is 35.8 Å². The van der Waals surface area contributed by atoms with Crippen LogP contribution in [0.5, 0.6) is 0 Å². The molecule has 0 aliphatic heterocycles. The van der Waals surface area contributed by atoms with E-state index in [1.807, 2.05) is 0 Å². The minimum Gasteiger partial charge on any atom is -0.354 e. The highest BCUT2D eigenvalue weighted by Gasteiger charge is 2.08. The first-order chi connectivity index (χ1) is 11.2. The highest BCUT2D eigenvalue weighted by atomic mass is 19.1. The minimum atomic E-state index is -0.262. The van der Waals surface area contributed by atoms with Crippen molar-refractivity contribution in [2.75, 3.05) is 18.4 Å². The highest BCUT2D eigenvalue weighted by molar-refractivity contribution is 5.92. The molecule has 0 saturated heterocycles. The van der Waals surface area contributed by atoms with Crippen LogP contribution in [0.4, 0.5) is 10.3 Å². The van der Waals surface area contributed by atoms with Gasteiger partial charge in [-0.15, -0.1) is 0 Å². The molecule has 0 aliphatic rings. The summed E-state index contributed by atoms with van der Waals surface area (Å²) in [5.74, 6) is -0.0421. The zero-order chi connectivity index (χ0) is 16.5. The average Bonchev–Trinajstić information content (AvgIpc) is 2.57. The summed E-state index contributed by atoms with van der Waals surface area (Å²) in [6, 6.07) is 7.83. The number of hydrogen-bond acceptors (Lipinski definition) is 4. The molecular weight excluding hydrogens is 295 g/mol. The average molecular weight is 316 g/mol. The summed E-state index contributed by atoms with van der Waals surface area (Å²) >= 11 is 0. The van der Waals surface area contributed by atoms with Crippen LogP contribution >= 0.6 is 0 Å². The molecule has 5 nitrogen and oxygen atoms in total. The van der Waals surface area contributed by atoms with Crippen molar-refractivity contribution in [3.05, 3.63) is 53.6 Å².